The average molecular weight is 230 g/mol. The van der Waals surface area contributed by atoms with Gasteiger partial charge >= 0.3 is 0 Å². The maximum absolute atomic E-state index is 5.79. The number of rotatable bonds is 5. The molecule has 2 nitrogen and oxygen atoms in total. The molecule has 2 unspecified atom stereocenters. The summed E-state index contributed by atoms with van der Waals surface area (Å²) in [5.74, 6) is 2.40. The van der Waals surface area contributed by atoms with Gasteiger partial charge in [0, 0.05) is 12.2 Å². The molecule has 0 aromatic rings. The lowest BCUT2D eigenvalue weighted by Crippen LogP contribution is -2.10. The third-order valence-corrected chi connectivity index (χ3v) is 3.93. The Morgan fingerprint density at radius 2 is 2.18 bits per heavy atom. The Kier molecular flexibility index (Phi) is 2.94. The Bertz CT molecular complexity index is 446. The van der Waals surface area contributed by atoms with Gasteiger partial charge in [0.05, 0.1) is 6.61 Å². The monoisotopic (exact) mass is 230 g/mol. The van der Waals surface area contributed by atoms with E-state index in [1.54, 1.807) is 0 Å². The first kappa shape index (κ1) is 10.9. The SMILES string of the molecule is CCOCCOC1=C=C=CC2=C1C1CCC2C1. The van der Waals surface area contributed by atoms with Gasteiger partial charge in [-0.15, -0.1) is 0 Å². The van der Waals surface area contributed by atoms with Crippen molar-refractivity contribution < 1.29 is 9.47 Å². The lowest BCUT2D eigenvalue weighted by atomic mass is 9.89. The summed E-state index contributed by atoms with van der Waals surface area (Å²) >= 11 is 0. The zero-order chi connectivity index (χ0) is 11.7. The van der Waals surface area contributed by atoms with Crippen LogP contribution in [0, 0.1) is 11.8 Å². The van der Waals surface area contributed by atoms with E-state index in [0.717, 1.165) is 18.3 Å². The fraction of sp³-hybridized carbons (Fsp3) is 0.600. The topological polar surface area (TPSA) is 18.5 Å². The molecule has 0 aromatic carbocycles. The van der Waals surface area contributed by atoms with Gasteiger partial charge < -0.3 is 9.47 Å². The van der Waals surface area contributed by atoms with Crippen molar-refractivity contribution in [2.45, 2.75) is 26.2 Å². The van der Waals surface area contributed by atoms with Gasteiger partial charge in [-0.25, -0.2) is 0 Å². The van der Waals surface area contributed by atoms with Crippen LogP contribution in [0.4, 0.5) is 0 Å². The summed E-state index contributed by atoms with van der Waals surface area (Å²) in [5.41, 5.74) is 9.10. The smallest absolute Gasteiger partial charge is 0.174 e. The summed E-state index contributed by atoms with van der Waals surface area (Å²) in [6.45, 7) is 4.02. The van der Waals surface area contributed by atoms with Crippen molar-refractivity contribution in [3.8, 4) is 0 Å². The standard InChI is InChI=1S/C15H18O2/c1-2-16-8-9-17-14-5-3-4-13-11-6-7-12(10-11)15(13)14/h4,11-12H,2,6-10H2,1H3. The first-order chi connectivity index (χ1) is 8.40. The van der Waals surface area contributed by atoms with E-state index in [4.69, 9.17) is 9.47 Å². The van der Waals surface area contributed by atoms with Crippen molar-refractivity contribution in [3.63, 3.8) is 0 Å². The molecule has 3 aliphatic rings. The third-order valence-electron chi connectivity index (χ3n) is 3.93. The minimum Gasteiger partial charge on any atom is -0.483 e. The minimum absolute atomic E-state index is 0.617. The first-order valence-corrected chi connectivity index (χ1v) is 6.56. The van der Waals surface area contributed by atoms with Gasteiger partial charge in [0.2, 0.25) is 0 Å². The van der Waals surface area contributed by atoms with Crippen LogP contribution in [0.3, 0.4) is 0 Å². The Hall–Kier alpha value is -1.20. The lowest BCUT2D eigenvalue weighted by Gasteiger charge is -2.20. The van der Waals surface area contributed by atoms with E-state index >= 15 is 0 Å². The highest BCUT2D eigenvalue weighted by Gasteiger charge is 2.40. The van der Waals surface area contributed by atoms with Gasteiger partial charge in [0.25, 0.3) is 0 Å². The molecule has 0 radical (unpaired) electrons. The van der Waals surface area contributed by atoms with Gasteiger partial charge in [-0.2, -0.15) is 0 Å². The van der Waals surface area contributed by atoms with Gasteiger partial charge in [-0.1, -0.05) is 5.73 Å². The van der Waals surface area contributed by atoms with E-state index in [0.29, 0.717) is 19.1 Å². The molecule has 3 aliphatic carbocycles. The van der Waals surface area contributed by atoms with E-state index in [1.165, 1.54) is 30.4 Å². The molecule has 2 atom stereocenters. The van der Waals surface area contributed by atoms with E-state index in [-0.39, 0.29) is 0 Å². The molecular formula is C15H18O2. The molecule has 2 heteroatoms. The second kappa shape index (κ2) is 4.58. The normalized spacial score (nSPS) is 28.6. The lowest BCUT2D eigenvalue weighted by molar-refractivity contribution is 0.0845. The van der Waals surface area contributed by atoms with Gasteiger partial charge in [-0.3, -0.25) is 0 Å². The van der Waals surface area contributed by atoms with Gasteiger partial charge in [0.15, 0.2) is 5.76 Å². The summed E-state index contributed by atoms with van der Waals surface area (Å²) in [6, 6.07) is 0. The number of hydrogen-bond acceptors (Lipinski definition) is 2. The quantitative estimate of drug-likeness (QED) is 0.534. The summed E-state index contributed by atoms with van der Waals surface area (Å²) in [6.07, 6.45) is 6.07. The van der Waals surface area contributed by atoms with E-state index < -0.39 is 0 Å². The molecule has 1 fully saturated rings. The molecule has 0 N–H and O–H groups in total. The molecule has 0 amide bonds. The minimum atomic E-state index is 0.617. The molecule has 0 aliphatic heterocycles. The van der Waals surface area contributed by atoms with Crippen LogP contribution in [0.5, 0.6) is 0 Å². The number of hydrogen-bond donors (Lipinski definition) is 0. The molecule has 3 rings (SSSR count). The van der Waals surface area contributed by atoms with Crippen LogP contribution in [0.25, 0.3) is 0 Å². The molecular weight excluding hydrogens is 212 g/mol. The molecule has 0 heterocycles. The van der Waals surface area contributed by atoms with Crippen molar-refractivity contribution >= 4 is 0 Å². The van der Waals surface area contributed by atoms with E-state index in [9.17, 15) is 0 Å². The fourth-order valence-corrected chi connectivity index (χ4v) is 3.20. The maximum atomic E-state index is 5.79. The van der Waals surface area contributed by atoms with Crippen LogP contribution in [-0.2, 0) is 9.47 Å². The highest BCUT2D eigenvalue weighted by molar-refractivity contribution is 5.47. The second-order valence-corrected chi connectivity index (χ2v) is 4.86. The highest BCUT2D eigenvalue weighted by Crippen LogP contribution is 2.51. The summed E-state index contributed by atoms with van der Waals surface area (Å²) < 4.78 is 11.1. The summed E-state index contributed by atoms with van der Waals surface area (Å²) in [5, 5.41) is 0. The first-order valence-electron chi connectivity index (χ1n) is 6.56. The van der Waals surface area contributed by atoms with Crippen molar-refractivity contribution in [1.82, 2.24) is 0 Å². The van der Waals surface area contributed by atoms with Crippen molar-refractivity contribution in [2.24, 2.45) is 11.8 Å². The van der Waals surface area contributed by atoms with E-state index in [2.05, 4.69) is 17.5 Å². The molecule has 1 saturated carbocycles. The van der Waals surface area contributed by atoms with Crippen LogP contribution in [-0.4, -0.2) is 19.8 Å². The molecule has 90 valence electrons. The third kappa shape index (κ3) is 1.89. The average Bonchev–Trinajstić information content (AvgIpc) is 2.96. The Balaban J connectivity index is 1.70. The summed E-state index contributed by atoms with van der Waals surface area (Å²) in [7, 11) is 0. The summed E-state index contributed by atoms with van der Waals surface area (Å²) in [4.78, 5) is 0. The molecule has 17 heavy (non-hydrogen) atoms. The van der Waals surface area contributed by atoms with Crippen molar-refractivity contribution in [2.75, 3.05) is 19.8 Å². The largest absolute Gasteiger partial charge is 0.483 e. The van der Waals surface area contributed by atoms with Crippen LogP contribution >= 0.6 is 0 Å². The number of allylic oxidation sites excluding steroid dienone is 3. The Morgan fingerprint density at radius 3 is 3.06 bits per heavy atom. The molecule has 0 aromatic heterocycles. The fourth-order valence-electron chi connectivity index (χ4n) is 3.20. The van der Waals surface area contributed by atoms with Crippen molar-refractivity contribution in [1.29, 1.82) is 0 Å². The maximum Gasteiger partial charge on any atom is 0.174 e. The van der Waals surface area contributed by atoms with Gasteiger partial charge in [-0.05, 0) is 55.4 Å². The Morgan fingerprint density at radius 1 is 1.29 bits per heavy atom. The second-order valence-electron chi connectivity index (χ2n) is 4.86. The van der Waals surface area contributed by atoms with Crippen LogP contribution in [0.1, 0.15) is 26.2 Å². The zero-order valence-corrected chi connectivity index (χ0v) is 10.3. The number of ether oxygens (including phenoxy) is 2. The van der Waals surface area contributed by atoms with Crippen molar-refractivity contribution in [3.05, 3.63) is 34.4 Å². The highest BCUT2D eigenvalue weighted by atomic mass is 16.5. The Labute approximate surface area is 102 Å². The van der Waals surface area contributed by atoms with Crippen LogP contribution in [0.2, 0.25) is 0 Å². The van der Waals surface area contributed by atoms with E-state index in [1.807, 2.05) is 6.92 Å². The zero-order valence-electron chi connectivity index (χ0n) is 10.3. The number of fused-ring (bicyclic) bond motifs is 4. The predicted octanol–water partition coefficient (Wildman–Crippen LogP) is 2.97. The molecule has 0 spiro atoms. The molecule has 0 saturated heterocycles. The van der Waals surface area contributed by atoms with Crippen LogP contribution in [0.15, 0.2) is 34.4 Å². The molecule has 2 bridgehead atoms. The predicted molar refractivity (Wildman–Crippen MR) is 65.4 cm³/mol. The van der Waals surface area contributed by atoms with Gasteiger partial charge in [0.1, 0.15) is 6.61 Å². The van der Waals surface area contributed by atoms with Crippen LogP contribution < -0.4 is 0 Å².